The summed E-state index contributed by atoms with van der Waals surface area (Å²) in [5.74, 6) is 0. The number of hydrogen-bond acceptors (Lipinski definition) is 1. The molecule has 0 amide bonds. The summed E-state index contributed by atoms with van der Waals surface area (Å²) in [6.07, 6.45) is 8.99. The van der Waals surface area contributed by atoms with Crippen molar-refractivity contribution in [2.45, 2.75) is 94.4 Å². The number of nitrogens with one attached hydrogen (secondary N) is 1. The third-order valence-electron chi connectivity index (χ3n) is 4.58. The predicted molar refractivity (Wildman–Crippen MR) is 107 cm³/mol. The summed E-state index contributed by atoms with van der Waals surface area (Å²) in [5, 5.41) is 3.70. The predicted octanol–water partition coefficient (Wildman–Crippen LogP) is 7.10. The molecule has 0 aromatic rings. The van der Waals surface area contributed by atoms with Crippen LogP contribution in [0.1, 0.15) is 94.4 Å². The SMILES string of the molecule is C=C(C)C(C)(C)/C=C(/NCCCCCCC(C)(C)C)C(C)(C)C. The highest BCUT2D eigenvalue weighted by Gasteiger charge is 2.23. The van der Waals surface area contributed by atoms with Gasteiger partial charge in [-0.25, -0.2) is 0 Å². The Morgan fingerprint density at radius 3 is 1.83 bits per heavy atom. The van der Waals surface area contributed by atoms with Crippen LogP contribution in [0.2, 0.25) is 0 Å². The van der Waals surface area contributed by atoms with E-state index in [9.17, 15) is 0 Å². The third-order valence-corrected chi connectivity index (χ3v) is 4.58. The van der Waals surface area contributed by atoms with Gasteiger partial charge in [0, 0.05) is 23.1 Å². The molecule has 0 fully saturated rings. The zero-order valence-corrected chi connectivity index (χ0v) is 17.5. The van der Waals surface area contributed by atoms with E-state index in [2.05, 4.69) is 80.3 Å². The first-order valence-corrected chi connectivity index (χ1v) is 9.39. The van der Waals surface area contributed by atoms with Gasteiger partial charge in [-0.3, -0.25) is 0 Å². The molecular weight excluding hydrogens is 278 g/mol. The molecule has 0 aromatic heterocycles. The Bertz CT molecular complexity index is 385. The summed E-state index contributed by atoms with van der Waals surface area (Å²) in [6, 6.07) is 0. The van der Waals surface area contributed by atoms with E-state index in [1.165, 1.54) is 43.4 Å². The first-order chi connectivity index (χ1) is 10.3. The van der Waals surface area contributed by atoms with E-state index in [-0.39, 0.29) is 10.8 Å². The van der Waals surface area contributed by atoms with Crippen molar-refractivity contribution in [2.24, 2.45) is 16.2 Å². The highest BCUT2D eigenvalue weighted by Crippen LogP contribution is 2.32. The second-order valence-corrected chi connectivity index (χ2v) is 9.96. The number of hydrogen-bond donors (Lipinski definition) is 1. The lowest BCUT2D eigenvalue weighted by Gasteiger charge is -2.30. The topological polar surface area (TPSA) is 12.0 Å². The second-order valence-electron chi connectivity index (χ2n) is 9.96. The number of rotatable bonds is 9. The Balaban J connectivity index is 4.35. The van der Waals surface area contributed by atoms with Crippen LogP contribution in [-0.4, -0.2) is 6.54 Å². The van der Waals surface area contributed by atoms with E-state index in [4.69, 9.17) is 0 Å². The van der Waals surface area contributed by atoms with E-state index in [0.29, 0.717) is 5.41 Å². The Morgan fingerprint density at radius 2 is 1.39 bits per heavy atom. The van der Waals surface area contributed by atoms with Gasteiger partial charge < -0.3 is 5.32 Å². The van der Waals surface area contributed by atoms with Gasteiger partial charge in [-0.05, 0) is 25.2 Å². The van der Waals surface area contributed by atoms with E-state index >= 15 is 0 Å². The molecule has 1 nitrogen and oxygen atoms in total. The zero-order chi connectivity index (χ0) is 18.3. The average molecular weight is 322 g/mol. The van der Waals surface area contributed by atoms with Gasteiger partial charge >= 0.3 is 0 Å². The van der Waals surface area contributed by atoms with Crippen molar-refractivity contribution >= 4 is 0 Å². The van der Waals surface area contributed by atoms with Crippen LogP contribution >= 0.6 is 0 Å². The highest BCUT2D eigenvalue weighted by molar-refractivity contribution is 5.21. The monoisotopic (exact) mass is 321 g/mol. The van der Waals surface area contributed by atoms with Crippen molar-refractivity contribution in [3.63, 3.8) is 0 Å². The molecule has 0 aromatic carbocycles. The van der Waals surface area contributed by atoms with Crippen LogP contribution in [0.3, 0.4) is 0 Å². The quantitative estimate of drug-likeness (QED) is 0.352. The molecule has 0 atom stereocenters. The summed E-state index contributed by atoms with van der Waals surface area (Å²) >= 11 is 0. The Morgan fingerprint density at radius 1 is 0.870 bits per heavy atom. The fourth-order valence-electron chi connectivity index (χ4n) is 2.37. The van der Waals surface area contributed by atoms with Gasteiger partial charge in [0.15, 0.2) is 0 Å². The minimum atomic E-state index is 0.0440. The molecule has 0 unspecified atom stereocenters. The molecule has 0 spiro atoms. The summed E-state index contributed by atoms with van der Waals surface area (Å²) in [6.45, 7) is 25.7. The van der Waals surface area contributed by atoms with E-state index in [1.807, 2.05) is 0 Å². The third kappa shape index (κ3) is 10.6. The molecule has 0 saturated carbocycles. The first-order valence-electron chi connectivity index (χ1n) is 9.39. The summed E-state index contributed by atoms with van der Waals surface area (Å²) in [5.41, 5.74) is 3.24. The van der Waals surface area contributed by atoms with Crippen LogP contribution in [0, 0.1) is 16.2 Å². The van der Waals surface area contributed by atoms with E-state index in [0.717, 1.165) is 6.54 Å². The fraction of sp³-hybridized carbons (Fsp3) is 0.818. The lowest BCUT2D eigenvalue weighted by Crippen LogP contribution is -2.28. The number of unbranched alkanes of at least 4 members (excludes halogenated alkanes) is 3. The van der Waals surface area contributed by atoms with Crippen molar-refractivity contribution in [3.8, 4) is 0 Å². The van der Waals surface area contributed by atoms with Crippen LogP contribution in [0.4, 0.5) is 0 Å². The molecule has 136 valence electrons. The van der Waals surface area contributed by atoms with Crippen LogP contribution in [0.25, 0.3) is 0 Å². The standard InChI is InChI=1S/C22H43N/c1-18(2)22(9,10)17-19(21(6,7)8)23-16-14-12-11-13-15-20(3,4)5/h17,23H,1,11-16H2,2-10H3/b19-17+. The second kappa shape index (κ2) is 8.94. The highest BCUT2D eigenvalue weighted by atomic mass is 14.9. The molecule has 0 radical (unpaired) electrons. The van der Waals surface area contributed by atoms with Gasteiger partial charge in [0.05, 0.1) is 0 Å². The smallest absolute Gasteiger partial charge is 0.0144 e. The molecule has 0 rings (SSSR count). The van der Waals surface area contributed by atoms with Crippen molar-refractivity contribution in [3.05, 3.63) is 23.9 Å². The maximum Gasteiger partial charge on any atom is 0.0144 e. The average Bonchev–Trinajstić information content (AvgIpc) is 2.33. The van der Waals surface area contributed by atoms with Crippen LogP contribution in [0.5, 0.6) is 0 Å². The lowest BCUT2D eigenvalue weighted by molar-refractivity contribution is 0.356. The summed E-state index contributed by atoms with van der Waals surface area (Å²) in [4.78, 5) is 0. The molecule has 0 aliphatic heterocycles. The minimum absolute atomic E-state index is 0.0440. The maximum atomic E-state index is 4.14. The van der Waals surface area contributed by atoms with Crippen molar-refractivity contribution < 1.29 is 0 Å². The van der Waals surface area contributed by atoms with Crippen LogP contribution in [-0.2, 0) is 0 Å². The first kappa shape index (κ1) is 22.3. The molecular formula is C22H43N. The number of allylic oxidation sites excluding steroid dienone is 3. The van der Waals surface area contributed by atoms with Gasteiger partial charge in [0.25, 0.3) is 0 Å². The van der Waals surface area contributed by atoms with E-state index in [1.54, 1.807) is 0 Å². The molecule has 0 heterocycles. The van der Waals surface area contributed by atoms with Crippen molar-refractivity contribution in [2.75, 3.05) is 6.54 Å². The van der Waals surface area contributed by atoms with Gasteiger partial charge in [0.1, 0.15) is 0 Å². The summed E-state index contributed by atoms with van der Waals surface area (Å²) in [7, 11) is 0. The van der Waals surface area contributed by atoms with Gasteiger partial charge in [-0.15, -0.1) is 0 Å². The molecule has 0 bridgehead atoms. The van der Waals surface area contributed by atoms with Crippen molar-refractivity contribution in [1.82, 2.24) is 5.32 Å². The van der Waals surface area contributed by atoms with Crippen LogP contribution < -0.4 is 5.32 Å². The molecule has 23 heavy (non-hydrogen) atoms. The Hall–Kier alpha value is -0.720. The maximum absolute atomic E-state index is 4.14. The minimum Gasteiger partial charge on any atom is -0.388 e. The summed E-state index contributed by atoms with van der Waals surface area (Å²) < 4.78 is 0. The zero-order valence-electron chi connectivity index (χ0n) is 17.5. The fourth-order valence-corrected chi connectivity index (χ4v) is 2.37. The Kier molecular flexibility index (Phi) is 8.66. The molecule has 0 aliphatic carbocycles. The molecule has 0 saturated heterocycles. The molecule has 1 heteroatoms. The van der Waals surface area contributed by atoms with Gasteiger partial charge in [-0.2, -0.15) is 0 Å². The van der Waals surface area contributed by atoms with Crippen molar-refractivity contribution in [1.29, 1.82) is 0 Å². The molecule has 1 N–H and O–H groups in total. The molecule has 0 aliphatic rings. The van der Waals surface area contributed by atoms with E-state index < -0.39 is 0 Å². The lowest BCUT2D eigenvalue weighted by atomic mass is 9.80. The normalized spacial score (nSPS) is 14.0. The van der Waals surface area contributed by atoms with Gasteiger partial charge in [-0.1, -0.05) is 92.9 Å². The Labute approximate surface area is 147 Å². The van der Waals surface area contributed by atoms with Gasteiger partial charge in [0.2, 0.25) is 0 Å². The van der Waals surface area contributed by atoms with Crippen LogP contribution in [0.15, 0.2) is 23.9 Å². The largest absolute Gasteiger partial charge is 0.388 e.